The highest BCUT2D eigenvalue weighted by atomic mass is 16.5. The van der Waals surface area contributed by atoms with Crippen molar-refractivity contribution < 1.29 is 9.53 Å². The van der Waals surface area contributed by atoms with Gasteiger partial charge in [-0.05, 0) is 12.5 Å². The van der Waals surface area contributed by atoms with Crippen molar-refractivity contribution in [3.05, 3.63) is 35.9 Å². The van der Waals surface area contributed by atoms with E-state index >= 15 is 0 Å². The molecule has 0 aliphatic rings. The third-order valence-corrected chi connectivity index (χ3v) is 2.50. The van der Waals surface area contributed by atoms with E-state index in [1.807, 2.05) is 37.3 Å². The minimum atomic E-state index is -0.00942. The normalized spacial score (nSPS) is 12.1. The number of nitrogens with one attached hydrogen (secondary N) is 2. The summed E-state index contributed by atoms with van der Waals surface area (Å²) in [5, 5.41) is 5.94. The van der Waals surface area contributed by atoms with Crippen LogP contribution in [-0.4, -0.2) is 32.7 Å². The van der Waals surface area contributed by atoms with Gasteiger partial charge in [-0.2, -0.15) is 0 Å². The molecule has 0 fully saturated rings. The Morgan fingerprint density at radius 1 is 1.35 bits per heavy atom. The van der Waals surface area contributed by atoms with Gasteiger partial charge in [-0.15, -0.1) is 0 Å². The molecule has 0 saturated heterocycles. The lowest BCUT2D eigenvalue weighted by Gasteiger charge is -2.13. The van der Waals surface area contributed by atoms with Gasteiger partial charge >= 0.3 is 0 Å². The van der Waals surface area contributed by atoms with E-state index in [-0.39, 0.29) is 11.9 Å². The largest absolute Gasteiger partial charge is 0.383 e. The molecule has 0 heterocycles. The van der Waals surface area contributed by atoms with E-state index in [1.54, 1.807) is 7.11 Å². The number of carbonyl (C=O) groups is 1. The lowest BCUT2D eigenvalue weighted by molar-refractivity contribution is -0.120. The van der Waals surface area contributed by atoms with Crippen molar-refractivity contribution in [2.45, 2.75) is 13.0 Å². The maximum absolute atomic E-state index is 11.4. The Morgan fingerprint density at radius 2 is 2.06 bits per heavy atom. The topological polar surface area (TPSA) is 50.4 Å². The van der Waals surface area contributed by atoms with Gasteiger partial charge in [0.15, 0.2) is 0 Å². The predicted molar refractivity (Wildman–Crippen MR) is 67.7 cm³/mol. The molecule has 0 radical (unpaired) electrons. The molecule has 0 aliphatic carbocycles. The van der Waals surface area contributed by atoms with Gasteiger partial charge in [-0.25, -0.2) is 0 Å². The molecule has 94 valence electrons. The van der Waals surface area contributed by atoms with Crippen LogP contribution in [0.3, 0.4) is 0 Å². The number of carbonyl (C=O) groups excluding carboxylic acids is 1. The SMILES string of the molecule is COCCNC(=O)CNC(C)c1ccccc1. The number of ether oxygens (including phenoxy) is 1. The number of hydrogen-bond acceptors (Lipinski definition) is 3. The molecule has 0 aromatic heterocycles. The third kappa shape index (κ3) is 5.47. The lowest BCUT2D eigenvalue weighted by atomic mass is 10.1. The van der Waals surface area contributed by atoms with Crippen molar-refractivity contribution in [3.63, 3.8) is 0 Å². The molecule has 1 unspecified atom stereocenters. The highest BCUT2D eigenvalue weighted by Crippen LogP contribution is 2.10. The van der Waals surface area contributed by atoms with Crippen molar-refractivity contribution in [2.24, 2.45) is 0 Å². The van der Waals surface area contributed by atoms with Crippen LogP contribution < -0.4 is 10.6 Å². The first-order valence-electron chi connectivity index (χ1n) is 5.78. The van der Waals surface area contributed by atoms with Gasteiger partial charge in [0, 0.05) is 19.7 Å². The fraction of sp³-hybridized carbons (Fsp3) is 0.462. The Hall–Kier alpha value is -1.39. The van der Waals surface area contributed by atoms with Gasteiger partial charge < -0.3 is 15.4 Å². The highest BCUT2D eigenvalue weighted by molar-refractivity contribution is 5.78. The number of benzene rings is 1. The molecule has 1 rings (SSSR count). The van der Waals surface area contributed by atoms with Crippen LogP contribution in [0.1, 0.15) is 18.5 Å². The zero-order valence-corrected chi connectivity index (χ0v) is 10.4. The van der Waals surface area contributed by atoms with Crippen LogP contribution in [0.15, 0.2) is 30.3 Å². The molecule has 4 nitrogen and oxygen atoms in total. The summed E-state index contributed by atoms with van der Waals surface area (Å²) in [6.07, 6.45) is 0. The average molecular weight is 236 g/mol. The lowest BCUT2D eigenvalue weighted by Crippen LogP contribution is -2.36. The summed E-state index contributed by atoms with van der Waals surface area (Å²) in [6.45, 7) is 3.45. The Balaban J connectivity index is 2.24. The molecule has 1 atom stereocenters. The fourth-order valence-corrected chi connectivity index (χ4v) is 1.46. The Bertz CT molecular complexity index is 327. The molecule has 2 N–H and O–H groups in total. The fourth-order valence-electron chi connectivity index (χ4n) is 1.46. The number of hydrogen-bond donors (Lipinski definition) is 2. The Morgan fingerprint density at radius 3 is 2.71 bits per heavy atom. The van der Waals surface area contributed by atoms with Crippen molar-refractivity contribution >= 4 is 5.91 Å². The standard InChI is InChI=1S/C13H20N2O2/c1-11(12-6-4-3-5-7-12)15-10-13(16)14-8-9-17-2/h3-7,11,15H,8-10H2,1-2H3,(H,14,16). The first-order valence-corrected chi connectivity index (χ1v) is 5.78. The number of rotatable bonds is 7. The Labute approximate surface area is 102 Å². The van der Waals surface area contributed by atoms with Gasteiger partial charge in [0.25, 0.3) is 0 Å². The second-order valence-electron chi connectivity index (χ2n) is 3.86. The average Bonchev–Trinajstić information content (AvgIpc) is 2.37. The zero-order chi connectivity index (χ0) is 12.5. The van der Waals surface area contributed by atoms with Crippen molar-refractivity contribution in [1.82, 2.24) is 10.6 Å². The van der Waals surface area contributed by atoms with Gasteiger partial charge in [0.05, 0.1) is 13.2 Å². The summed E-state index contributed by atoms with van der Waals surface area (Å²) < 4.78 is 4.85. The van der Waals surface area contributed by atoms with E-state index in [9.17, 15) is 4.79 Å². The van der Waals surface area contributed by atoms with E-state index in [0.29, 0.717) is 19.7 Å². The predicted octanol–water partition coefficient (Wildman–Crippen LogP) is 1.10. The molecule has 17 heavy (non-hydrogen) atoms. The highest BCUT2D eigenvalue weighted by Gasteiger charge is 2.06. The van der Waals surface area contributed by atoms with E-state index < -0.39 is 0 Å². The molecule has 1 amide bonds. The molecular weight excluding hydrogens is 216 g/mol. The van der Waals surface area contributed by atoms with Crippen LogP contribution >= 0.6 is 0 Å². The maximum atomic E-state index is 11.4. The number of amides is 1. The summed E-state index contributed by atoms with van der Waals surface area (Å²) >= 11 is 0. The molecule has 0 saturated carbocycles. The molecule has 1 aromatic rings. The third-order valence-electron chi connectivity index (χ3n) is 2.50. The van der Waals surface area contributed by atoms with Crippen LogP contribution in [0.2, 0.25) is 0 Å². The van der Waals surface area contributed by atoms with Crippen molar-refractivity contribution in [3.8, 4) is 0 Å². The van der Waals surface area contributed by atoms with Gasteiger partial charge in [-0.3, -0.25) is 4.79 Å². The van der Waals surface area contributed by atoms with Crippen molar-refractivity contribution in [1.29, 1.82) is 0 Å². The van der Waals surface area contributed by atoms with Crippen LogP contribution in [-0.2, 0) is 9.53 Å². The summed E-state index contributed by atoms with van der Waals surface area (Å²) in [6, 6.07) is 10.2. The summed E-state index contributed by atoms with van der Waals surface area (Å²) in [7, 11) is 1.61. The molecular formula is C13H20N2O2. The molecule has 0 bridgehead atoms. The summed E-state index contributed by atoms with van der Waals surface area (Å²) in [5.74, 6) is -0.00942. The Kier molecular flexibility index (Phi) is 6.29. The van der Waals surface area contributed by atoms with Crippen LogP contribution in [0, 0.1) is 0 Å². The zero-order valence-electron chi connectivity index (χ0n) is 10.4. The summed E-state index contributed by atoms with van der Waals surface area (Å²) in [5.41, 5.74) is 1.18. The van der Waals surface area contributed by atoms with Gasteiger partial charge in [-0.1, -0.05) is 30.3 Å². The van der Waals surface area contributed by atoms with Crippen molar-refractivity contribution in [2.75, 3.05) is 26.8 Å². The number of methoxy groups -OCH3 is 1. The smallest absolute Gasteiger partial charge is 0.234 e. The minimum Gasteiger partial charge on any atom is -0.383 e. The quantitative estimate of drug-likeness (QED) is 0.697. The molecule has 0 aliphatic heterocycles. The van der Waals surface area contributed by atoms with E-state index in [2.05, 4.69) is 10.6 Å². The van der Waals surface area contributed by atoms with Gasteiger partial charge in [0.1, 0.15) is 0 Å². The maximum Gasteiger partial charge on any atom is 0.234 e. The van der Waals surface area contributed by atoms with E-state index in [0.717, 1.165) is 0 Å². The first kappa shape index (κ1) is 13.7. The summed E-state index contributed by atoms with van der Waals surface area (Å²) in [4.78, 5) is 11.4. The van der Waals surface area contributed by atoms with Gasteiger partial charge in [0.2, 0.25) is 5.91 Å². The monoisotopic (exact) mass is 236 g/mol. The second kappa shape index (κ2) is 7.81. The molecule has 1 aromatic carbocycles. The van der Waals surface area contributed by atoms with Crippen LogP contribution in [0.5, 0.6) is 0 Å². The van der Waals surface area contributed by atoms with Crippen LogP contribution in [0.4, 0.5) is 0 Å². The first-order chi connectivity index (χ1) is 8.24. The van der Waals surface area contributed by atoms with E-state index in [1.165, 1.54) is 5.56 Å². The second-order valence-corrected chi connectivity index (χ2v) is 3.86. The molecule has 0 spiro atoms. The van der Waals surface area contributed by atoms with E-state index in [4.69, 9.17) is 4.74 Å². The minimum absolute atomic E-state index is 0.00942. The molecule has 4 heteroatoms. The van der Waals surface area contributed by atoms with Crippen LogP contribution in [0.25, 0.3) is 0 Å².